The van der Waals surface area contributed by atoms with Gasteiger partial charge >= 0.3 is 5.97 Å². The van der Waals surface area contributed by atoms with Crippen LogP contribution in [0.5, 0.6) is 5.75 Å². The van der Waals surface area contributed by atoms with Gasteiger partial charge in [0.1, 0.15) is 12.4 Å². The van der Waals surface area contributed by atoms with Crippen molar-refractivity contribution in [3.8, 4) is 5.75 Å². The third-order valence-corrected chi connectivity index (χ3v) is 2.77. The Kier molecular flexibility index (Phi) is 6.05. The molecule has 1 rings (SSSR count). The number of carboxylic acid groups (broad SMARTS) is 1. The predicted octanol–water partition coefficient (Wildman–Crippen LogP) is 4.14. The maximum Gasteiger partial charge on any atom is 0.328 e. The number of rotatable bonds is 5. The summed E-state index contributed by atoms with van der Waals surface area (Å²) in [6, 6.07) is 5.00. The van der Waals surface area contributed by atoms with Crippen LogP contribution in [0.2, 0.25) is 5.02 Å². The fourth-order valence-corrected chi connectivity index (χ4v) is 1.50. The summed E-state index contributed by atoms with van der Waals surface area (Å²) >= 11 is 17.1. The van der Waals surface area contributed by atoms with Crippen LogP contribution in [0.15, 0.2) is 34.8 Å². The van der Waals surface area contributed by atoms with Gasteiger partial charge in [0.05, 0.1) is 10.1 Å². The Hall–Kier alpha value is -1.16. The first-order valence-electron chi connectivity index (χ1n) is 4.81. The van der Waals surface area contributed by atoms with Crippen molar-refractivity contribution in [1.29, 1.82) is 0 Å². The summed E-state index contributed by atoms with van der Waals surface area (Å²) in [5.41, 5.74) is 1.73. The molecule has 0 saturated carbocycles. The lowest BCUT2D eigenvalue weighted by atomic mass is 10.2. The number of ether oxygens (including phenoxy) is 1. The molecule has 1 N–H and O–H groups in total. The molecule has 0 radical (unpaired) electrons. The summed E-state index contributed by atoms with van der Waals surface area (Å²) < 4.78 is 5.39. The standard InChI is InChI=1S/C12H9Cl3O3/c13-6-9(14)7-18-12-8(4-5-11(16)17)2-1-3-10(12)15/h1-6H,7H2,(H,16,17)/b5-4+,9-6-. The summed E-state index contributed by atoms with van der Waals surface area (Å²) in [6.07, 6.45) is 2.39. The molecule has 0 spiro atoms. The molecule has 0 amide bonds. The minimum absolute atomic E-state index is 0.0582. The number of hydrogen-bond acceptors (Lipinski definition) is 2. The lowest BCUT2D eigenvalue weighted by Gasteiger charge is -2.10. The van der Waals surface area contributed by atoms with Crippen LogP contribution in [0.4, 0.5) is 0 Å². The van der Waals surface area contributed by atoms with E-state index < -0.39 is 5.97 Å². The molecule has 0 aliphatic carbocycles. The smallest absolute Gasteiger partial charge is 0.328 e. The van der Waals surface area contributed by atoms with Crippen molar-refractivity contribution in [3.05, 3.63) is 45.4 Å². The van der Waals surface area contributed by atoms with Crippen molar-refractivity contribution < 1.29 is 14.6 Å². The monoisotopic (exact) mass is 306 g/mol. The SMILES string of the molecule is O=C(O)/C=C/c1cccc(Cl)c1OC/C(Cl)=C/Cl. The van der Waals surface area contributed by atoms with Gasteiger partial charge in [-0.3, -0.25) is 0 Å². The van der Waals surface area contributed by atoms with Crippen molar-refractivity contribution in [2.24, 2.45) is 0 Å². The van der Waals surface area contributed by atoms with Crippen LogP contribution >= 0.6 is 34.8 Å². The first-order valence-corrected chi connectivity index (χ1v) is 6.01. The number of carbonyl (C=O) groups is 1. The van der Waals surface area contributed by atoms with Gasteiger partial charge in [0.25, 0.3) is 0 Å². The maximum absolute atomic E-state index is 10.5. The molecule has 0 atom stereocenters. The van der Waals surface area contributed by atoms with Gasteiger partial charge in [0.2, 0.25) is 0 Å². The van der Waals surface area contributed by atoms with E-state index in [1.54, 1.807) is 18.2 Å². The average Bonchev–Trinajstić information content (AvgIpc) is 2.34. The third kappa shape index (κ3) is 4.61. The van der Waals surface area contributed by atoms with Crippen LogP contribution in [-0.4, -0.2) is 17.7 Å². The first kappa shape index (κ1) is 14.9. The number of benzene rings is 1. The second kappa shape index (κ2) is 7.31. The quantitative estimate of drug-likeness (QED) is 0.832. The lowest BCUT2D eigenvalue weighted by molar-refractivity contribution is -0.131. The number of hydrogen-bond donors (Lipinski definition) is 1. The highest BCUT2D eigenvalue weighted by atomic mass is 35.5. The Balaban J connectivity index is 2.97. The van der Waals surface area contributed by atoms with E-state index in [0.29, 0.717) is 21.4 Å². The van der Waals surface area contributed by atoms with Gasteiger partial charge in [-0.25, -0.2) is 4.79 Å². The molecule has 0 fully saturated rings. The second-order valence-electron chi connectivity index (χ2n) is 3.17. The van der Waals surface area contributed by atoms with Crippen LogP contribution in [0.1, 0.15) is 5.56 Å². The zero-order chi connectivity index (χ0) is 13.5. The van der Waals surface area contributed by atoms with Crippen molar-refractivity contribution in [1.82, 2.24) is 0 Å². The average molecular weight is 308 g/mol. The Morgan fingerprint density at radius 1 is 1.44 bits per heavy atom. The molecule has 1 aromatic rings. The Bertz CT molecular complexity index is 495. The summed E-state index contributed by atoms with van der Waals surface area (Å²) in [5.74, 6) is -0.701. The van der Waals surface area contributed by atoms with E-state index in [1.807, 2.05) is 0 Å². The van der Waals surface area contributed by atoms with Crippen molar-refractivity contribution in [2.45, 2.75) is 0 Å². The molecule has 96 valence electrons. The topological polar surface area (TPSA) is 46.5 Å². The van der Waals surface area contributed by atoms with E-state index in [2.05, 4.69) is 0 Å². The Labute approximate surface area is 119 Å². The van der Waals surface area contributed by atoms with E-state index in [-0.39, 0.29) is 6.61 Å². The van der Waals surface area contributed by atoms with Crippen LogP contribution in [0.25, 0.3) is 6.08 Å². The van der Waals surface area contributed by atoms with Gasteiger partial charge < -0.3 is 9.84 Å². The summed E-state index contributed by atoms with van der Waals surface area (Å²) in [4.78, 5) is 10.5. The zero-order valence-corrected chi connectivity index (χ0v) is 11.3. The minimum atomic E-state index is -1.06. The molecule has 1 aromatic carbocycles. The fraction of sp³-hybridized carbons (Fsp3) is 0.0833. The lowest BCUT2D eigenvalue weighted by Crippen LogP contribution is -1.99. The zero-order valence-electron chi connectivity index (χ0n) is 9.07. The molecule has 18 heavy (non-hydrogen) atoms. The van der Waals surface area contributed by atoms with E-state index in [1.165, 1.54) is 11.6 Å². The number of aliphatic carboxylic acids is 1. The highest BCUT2D eigenvalue weighted by Gasteiger charge is 2.07. The molecule has 0 saturated heterocycles. The molecule has 0 aromatic heterocycles. The molecule has 0 aliphatic heterocycles. The molecule has 0 heterocycles. The maximum atomic E-state index is 10.5. The first-order chi connectivity index (χ1) is 8.54. The third-order valence-electron chi connectivity index (χ3n) is 1.88. The molecular formula is C12H9Cl3O3. The Morgan fingerprint density at radius 3 is 2.78 bits per heavy atom. The fourth-order valence-electron chi connectivity index (χ4n) is 1.14. The van der Waals surface area contributed by atoms with Gasteiger partial charge in [-0.2, -0.15) is 0 Å². The molecule has 3 nitrogen and oxygen atoms in total. The van der Waals surface area contributed by atoms with Gasteiger partial charge in [-0.15, -0.1) is 0 Å². The molecule has 0 unspecified atom stereocenters. The predicted molar refractivity (Wildman–Crippen MR) is 73.4 cm³/mol. The van der Waals surface area contributed by atoms with Crippen LogP contribution < -0.4 is 4.74 Å². The molecular weight excluding hydrogens is 298 g/mol. The normalized spacial score (nSPS) is 11.8. The minimum Gasteiger partial charge on any atom is -0.486 e. The van der Waals surface area contributed by atoms with Gasteiger partial charge in [0, 0.05) is 17.2 Å². The number of para-hydroxylation sites is 1. The van der Waals surface area contributed by atoms with Crippen LogP contribution in [0.3, 0.4) is 0 Å². The highest BCUT2D eigenvalue weighted by Crippen LogP contribution is 2.30. The number of carboxylic acids is 1. The van der Waals surface area contributed by atoms with Gasteiger partial charge in [-0.05, 0) is 12.1 Å². The summed E-state index contributed by atoms with van der Waals surface area (Å²) in [7, 11) is 0. The summed E-state index contributed by atoms with van der Waals surface area (Å²) in [5, 5.41) is 9.26. The molecule has 0 bridgehead atoms. The summed E-state index contributed by atoms with van der Waals surface area (Å²) in [6.45, 7) is 0.0582. The molecule has 6 heteroatoms. The highest BCUT2D eigenvalue weighted by molar-refractivity contribution is 6.36. The number of halogens is 3. The van der Waals surface area contributed by atoms with Crippen LogP contribution in [-0.2, 0) is 4.79 Å². The van der Waals surface area contributed by atoms with Gasteiger partial charge in [0.15, 0.2) is 0 Å². The largest absolute Gasteiger partial charge is 0.486 e. The van der Waals surface area contributed by atoms with Gasteiger partial charge in [-0.1, -0.05) is 46.9 Å². The van der Waals surface area contributed by atoms with E-state index in [9.17, 15) is 4.79 Å². The van der Waals surface area contributed by atoms with E-state index >= 15 is 0 Å². The van der Waals surface area contributed by atoms with Crippen molar-refractivity contribution >= 4 is 46.8 Å². The Morgan fingerprint density at radius 2 is 2.17 bits per heavy atom. The van der Waals surface area contributed by atoms with Crippen LogP contribution in [0, 0.1) is 0 Å². The van der Waals surface area contributed by atoms with E-state index in [4.69, 9.17) is 44.6 Å². The van der Waals surface area contributed by atoms with Crippen molar-refractivity contribution in [2.75, 3.05) is 6.61 Å². The van der Waals surface area contributed by atoms with E-state index in [0.717, 1.165) is 6.08 Å². The van der Waals surface area contributed by atoms with Crippen molar-refractivity contribution in [3.63, 3.8) is 0 Å². The molecule has 0 aliphatic rings. The second-order valence-corrected chi connectivity index (χ2v) is 4.29.